The zero-order valence-electron chi connectivity index (χ0n) is 28.0. The van der Waals surface area contributed by atoms with Crippen LogP contribution in [-0.4, -0.2) is 22.4 Å². The van der Waals surface area contributed by atoms with Crippen LogP contribution in [0, 0.1) is 10.8 Å². The van der Waals surface area contributed by atoms with Crippen LogP contribution in [0.5, 0.6) is 0 Å². The summed E-state index contributed by atoms with van der Waals surface area (Å²) in [6, 6.07) is 0. The Morgan fingerprint density at radius 3 is 1.19 bits per heavy atom. The number of aliphatic hydroxyl groups excluding tert-OH is 2. The first-order valence-corrected chi connectivity index (χ1v) is 15.5. The van der Waals surface area contributed by atoms with E-state index in [1.165, 1.54) is 44.6 Å². The van der Waals surface area contributed by atoms with Crippen molar-refractivity contribution >= 4 is 0 Å². The van der Waals surface area contributed by atoms with E-state index in [1.54, 1.807) is 0 Å². The van der Waals surface area contributed by atoms with Gasteiger partial charge in [-0.05, 0) is 89.2 Å². The molecule has 42 heavy (non-hydrogen) atoms. The molecule has 2 atom stereocenters. The van der Waals surface area contributed by atoms with Gasteiger partial charge < -0.3 is 10.2 Å². The predicted octanol–water partition coefficient (Wildman–Crippen LogP) is 10.5. The summed E-state index contributed by atoms with van der Waals surface area (Å²) < 4.78 is 0. The zero-order valence-corrected chi connectivity index (χ0v) is 28.0. The molecular weight excluding hydrogens is 528 g/mol. The summed E-state index contributed by atoms with van der Waals surface area (Å²) in [6.45, 7) is 21.6. The molecule has 0 aromatic rings. The first-order chi connectivity index (χ1) is 19.6. The van der Waals surface area contributed by atoms with E-state index in [4.69, 9.17) is 0 Å². The Bertz CT molecular complexity index is 1190. The van der Waals surface area contributed by atoms with Crippen molar-refractivity contribution in [3.05, 3.63) is 130 Å². The van der Waals surface area contributed by atoms with Gasteiger partial charge in [0.15, 0.2) is 0 Å². The van der Waals surface area contributed by atoms with Gasteiger partial charge in [-0.15, -0.1) is 0 Å². The predicted molar refractivity (Wildman–Crippen MR) is 184 cm³/mol. The highest BCUT2D eigenvalue weighted by Gasteiger charge is 2.32. The molecule has 2 N–H and O–H groups in total. The van der Waals surface area contributed by atoms with E-state index in [0.717, 1.165) is 25.7 Å². The van der Waals surface area contributed by atoms with E-state index in [2.05, 4.69) is 154 Å². The van der Waals surface area contributed by atoms with Crippen LogP contribution in [0.4, 0.5) is 0 Å². The van der Waals surface area contributed by atoms with Gasteiger partial charge in [0.2, 0.25) is 0 Å². The standard InChI is InChI=1S/C40H56O2/c1-29(17-13-19-31(3)21-23-37-33(5)25-35(41)27-39(37,7)8)15-11-12-16-30(2)18-14-20-32(4)22-24-38-34(6)26-36(42)28-40(38,9)10/h11-24,35-36,41-42H,25-28H2,1-10H3/b12-11+,17-13+,18-14+,23-21+,24-22+,29-15+,30-16+,31-19+,32-20+/t35-,36-/m1/s1/i11+1,12+1,13+1,14+1,23+1,24+1,29+1,30+1,31+1,32+1,33+1,34+1,35+1,36+1,39+1,40+1. The Morgan fingerprint density at radius 2 is 0.857 bits per heavy atom. The molecule has 0 fully saturated rings. The van der Waals surface area contributed by atoms with Crippen molar-refractivity contribution in [3.8, 4) is 0 Å². The number of allylic oxidation sites excluding steroid dienone is 20. The van der Waals surface area contributed by atoms with E-state index in [1.807, 2.05) is 0 Å². The number of aliphatic hydroxyl groups is 2. The monoisotopic (exact) mass is 584 g/mol. The SMILES string of the molecule is C[13C]1=C(/[13CH]=C/[13C](C)=C/[13CH]=C/[13C](C)=C/[13CH]=[13CH]/C=[13C](C)/C=[13CH]/C=[13C](C)/C=[13CH]/C2=[13C](C)C[13C@@H](O)C[13C]2(C)C)[13C](C)(C)C[13C@H](O)C1. The van der Waals surface area contributed by atoms with Gasteiger partial charge in [-0.3, -0.25) is 0 Å². The molecule has 228 valence electrons. The van der Waals surface area contributed by atoms with Gasteiger partial charge in [0.1, 0.15) is 0 Å². The van der Waals surface area contributed by atoms with E-state index in [0.29, 0.717) is 0 Å². The molecule has 2 heteroatoms. The second-order valence-corrected chi connectivity index (χ2v) is 13.7. The van der Waals surface area contributed by atoms with Crippen LogP contribution in [0.15, 0.2) is 130 Å². The highest BCUT2D eigenvalue weighted by molar-refractivity contribution is 5.39. The fraction of sp³-hybridized carbons (Fsp3) is 0.450. The average molecular weight is 585 g/mol. The van der Waals surface area contributed by atoms with Crippen LogP contribution < -0.4 is 0 Å². The smallest absolute Gasteiger partial charge is 0.0585 e. The van der Waals surface area contributed by atoms with E-state index >= 15 is 0 Å². The summed E-state index contributed by atoms with van der Waals surface area (Å²) in [5.41, 5.74) is 10.1. The fourth-order valence-electron chi connectivity index (χ4n) is 6.13. The highest BCUT2D eigenvalue weighted by Crippen LogP contribution is 2.42. The lowest BCUT2D eigenvalue weighted by Crippen LogP contribution is -2.28. The Hall–Kier alpha value is -2.94. The van der Waals surface area contributed by atoms with Gasteiger partial charge in [0.25, 0.3) is 0 Å². The molecule has 0 bridgehead atoms. The lowest BCUT2D eigenvalue weighted by Gasteiger charge is -2.35. The molecular formula is C40H56O2. The van der Waals surface area contributed by atoms with Crippen molar-refractivity contribution in [2.45, 2.75) is 107 Å². The van der Waals surface area contributed by atoms with Gasteiger partial charge in [0, 0.05) is 0 Å². The number of hydrogen-bond acceptors (Lipinski definition) is 2. The van der Waals surface area contributed by atoms with E-state index in [9.17, 15) is 10.2 Å². The van der Waals surface area contributed by atoms with Crippen molar-refractivity contribution in [2.24, 2.45) is 10.8 Å². The Balaban J connectivity index is 1.90. The molecule has 0 spiro atoms. The molecule has 0 heterocycles. The van der Waals surface area contributed by atoms with Crippen LogP contribution in [0.1, 0.15) is 94.9 Å². The normalized spacial score (nSPS) is 25.0. The second-order valence-electron chi connectivity index (χ2n) is 13.7. The summed E-state index contributed by atoms with van der Waals surface area (Å²) >= 11 is 0. The number of hydrogen-bond donors (Lipinski definition) is 2. The fourth-order valence-corrected chi connectivity index (χ4v) is 6.13. The van der Waals surface area contributed by atoms with E-state index < -0.39 is 0 Å². The molecule has 0 saturated heterocycles. The van der Waals surface area contributed by atoms with Gasteiger partial charge in [-0.2, -0.15) is 0 Å². The van der Waals surface area contributed by atoms with Crippen molar-refractivity contribution in [2.75, 3.05) is 0 Å². The van der Waals surface area contributed by atoms with Crippen LogP contribution in [0.25, 0.3) is 0 Å². The molecule has 2 aliphatic rings. The third-order valence-electron chi connectivity index (χ3n) is 8.24. The highest BCUT2D eigenvalue weighted by atomic mass is 16.4. The molecule has 2 nitrogen and oxygen atoms in total. The Labute approximate surface area is 257 Å². The molecule has 0 amide bonds. The maximum absolute atomic E-state index is 10.1. The minimum Gasteiger partial charge on any atom is -0.393 e. The summed E-state index contributed by atoms with van der Waals surface area (Å²) in [5, 5.41) is 20.2. The first kappa shape index (κ1) is 35.3. The topological polar surface area (TPSA) is 40.5 Å². The molecule has 0 aromatic heterocycles. The maximum atomic E-state index is 10.1. The molecule has 0 unspecified atom stereocenters. The minimum atomic E-state index is -0.227. The van der Waals surface area contributed by atoms with Crippen molar-refractivity contribution < 1.29 is 10.2 Å². The van der Waals surface area contributed by atoms with Gasteiger partial charge >= 0.3 is 0 Å². The first-order valence-electron chi connectivity index (χ1n) is 15.5. The summed E-state index contributed by atoms with van der Waals surface area (Å²) in [4.78, 5) is 0. The minimum absolute atomic E-state index is 0.00547. The molecule has 2 aliphatic carbocycles. The summed E-state index contributed by atoms with van der Waals surface area (Å²) in [6.07, 6.45) is 32.6. The van der Waals surface area contributed by atoms with Crippen LogP contribution in [-0.2, 0) is 0 Å². The maximum Gasteiger partial charge on any atom is 0.0585 e. The van der Waals surface area contributed by atoms with Crippen molar-refractivity contribution in [1.82, 2.24) is 0 Å². The third kappa shape index (κ3) is 11.7. The summed E-state index contributed by atoms with van der Waals surface area (Å²) in [5.74, 6) is 0. The molecule has 0 radical (unpaired) electrons. The van der Waals surface area contributed by atoms with Crippen LogP contribution >= 0.6 is 0 Å². The van der Waals surface area contributed by atoms with Crippen molar-refractivity contribution in [1.29, 1.82) is 0 Å². The van der Waals surface area contributed by atoms with Crippen LogP contribution in [0.3, 0.4) is 0 Å². The quantitative estimate of drug-likeness (QED) is 0.198. The van der Waals surface area contributed by atoms with Crippen LogP contribution in [0.2, 0.25) is 0 Å². The third-order valence-corrected chi connectivity index (χ3v) is 8.24. The number of rotatable bonds is 10. The van der Waals surface area contributed by atoms with Gasteiger partial charge in [-0.25, -0.2) is 0 Å². The molecule has 0 saturated carbocycles. The van der Waals surface area contributed by atoms with Gasteiger partial charge in [0.05, 0.1) is 12.2 Å². The van der Waals surface area contributed by atoms with E-state index in [-0.39, 0.29) is 23.0 Å². The van der Waals surface area contributed by atoms with Crippen molar-refractivity contribution in [3.63, 3.8) is 0 Å². The largest absolute Gasteiger partial charge is 0.393 e. The molecule has 2 rings (SSSR count). The Morgan fingerprint density at radius 1 is 0.548 bits per heavy atom. The molecule has 0 aromatic carbocycles. The lowest BCUT2D eigenvalue weighted by molar-refractivity contribution is 0.116. The molecule has 0 aliphatic heterocycles. The second kappa shape index (κ2) is 16.1. The Kier molecular flexibility index (Phi) is 13.5. The zero-order chi connectivity index (χ0) is 31.5. The lowest BCUT2D eigenvalue weighted by atomic mass is 10.2. The average Bonchev–Trinajstić information content (AvgIpc) is 2.84. The summed E-state index contributed by atoms with van der Waals surface area (Å²) in [7, 11) is 0. The van der Waals surface area contributed by atoms with Gasteiger partial charge in [-0.1, -0.05) is 146 Å².